The number of halogens is 1. The summed E-state index contributed by atoms with van der Waals surface area (Å²) < 4.78 is 25.1. The van der Waals surface area contributed by atoms with Crippen molar-refractivity contribution in [3.05, 3.63) is 24.0 Å². The minimum atomic E-state index is -1.55. The maximum absolute atomic E-state index is 13.1. The average molecular weight is 270 g/mol. The number of carbonyl (C=O) groups excluding carboxylic acids is 1. The maximum Gasteiger partial charge on any atom is 0.235 e. The lowest BCUT2D eigenvalue weighted by molar-refractivity contribution is -0.127. The third kappa shape index (κ3) is 3.07. The molecule has 2 N–H and O–H groups in total. The Morgan fingerprint density at radius 2 is 2.17 bits per heavy atom. The van der Waals surface area contributed by atoms with Crippen molar-refractivity contribution in [3.8, 4) is 0 Å². The fourth-order valence-electron chi connectivity index (χ4n) is 1.68. The summed E-state index contributed by atoms with van der Waals surface area (Å²) in [5.41, 5.74) is 5.69. The van der Waals surface area contributed by atoms with Crippen LogP contribution in [0.1, 0.15) is 12.8 Å². The number of nitrogen functional groups attached to an aromatic ring is 1. The second kappa shape index (κ2) is 5.06. The van der Waals surface area contributed by atoms with Crippen molar-refractivity contribution in [1.82, 2.24) is 4.90 Å². The second-order valence-electron chi connectivity index (χ2n) is 4.45. The van der Waals surface area contributed by atoms with Gasteiger partial charge >= 0.3 is 0 Å². The van der Waals surface area contributed by atoms with Crippen LogP contribution in [0.5, 0.6) is 0 Å². The van der Waals surface area contributed by atoms with E-state index in [9.17, 15) is 13.4 Å². The summed E-state index contributed by atoms with van der Waals surface area (Å²) in [6, 6.07) is 4.02. The van der Waals surface area contributed by atoms with Gasteiger partial charge in [0, 0.05) is 23.7 Å². The van der Waals surface area contributed by atoms with Gasteiger partial charge in [0.05, 0.1) is 10.8 Å². The highest BCUT2D eigenvalue weighted by Gasteiger charge is 2.30. The Balaban J connectivity index is 2.04. The molecule has 98 valence electrons. The average Bonchev–Trinajstić information content (AvgIpc) is 3.10. The predicted octanol–water partition coefficient (Wildman–Crippen LogP) is 1.14. The molecule has 1 aliphatic carbocycles. The summed E-state index contributed by atoms with van der Waals surface area (Å²) >= 11 is 0. The molecule has 18 heavy (non-hydrogen) atoms. The predicted molar refractivity (Wildman–Crippen MR) is 67.9 cm³/mol. The number of anilines is 1. The van der Waals surface area contributed by atoms with E-state index in [0.717, 1.165) is 25.0 Å². The lowest BCUT2D eigenvalue weighted by Gasteiger charge is -2.15. The van der Waals surface area contributed by atoms with E-state index in [1.807, 2.05) is 0 Å². The topological polar surface area (TPSA) is 63.4 Å². The molecule has 1 unspecified atom stereocenters. The molecule has 0 aromatic heterocycles. The van der Waals surface area contributed by atoms with Crippen LogP contribution in [0.3, 0.4) is 0 Å². The molecule has 1 amide bonds. The number of rotatable bonds is 4. The molecule has 0 saturated heterocycles. The Morgan fingerprint density at radius 1 is 1.50 bits per heavy atom. The molecule has 2 rings (SSSR count). The summed E-state index contributed by atoms with van der Waals surface area (Å²) in [6.45, 7) is 0. The van der Waals surface area contributed by atoms with Gasteiger partial charge in [-0.05, 0) is 31.0 Å². The molecule has 1 aromatic carbocycles. The Labute approximate surface area is 107 Å². The van der Waals surface area contributed by atoms with Crippen LogP contribution >= 0.6 is 0 Å². The first-order valence-corrected chi connectivity index (χ1v) is 6.99. The molecule has 0 bridgehead atoms. The Kier molecular flexibility index (Phi) is 3.65. The van der Waals surface area contributed by atoms with Crippen molar-refractivity contribution in [3.63, 3.8) is 0 Å². The Bertz CT molecular complexity index is 483. The molecule has 1 atom stereocenters. The van der Waals surface area contributed by atoms with Gasteiger partial charge in [-0.1, -0.05) is 0 Å². The van der Waals surface area contributed by atoms with Gasteiger partial charge in [0.25, 0.3) is 0 Å². The highest BCUT2D eigenvalue weighted by molar-refractivity contribution is 7.85. The van der Waals surface area contributed by atoms with Crippen LogP contribution in [0.2, 0.25) is 0 Å². The summed E-state index contributed by atoms with van der Waals surface area (Å²) in [6.07, 6.45) is 2.00. The smallest absolute Gasteiger partial charge is 0.235 e. The van der Waals surface area contributed by atoms with Crippen LogP contribution in [0.25, 0.3) is 0 Å². The van der Waals surface area contributed by atoms with Gasteiger partial charge in [0.1, 0.15) is 11.6 Å². The van der Waals surface area contributed by atoms with E-state index >= 15 is 0 Å². The molecule has 1 aromatic rings. The van der Waals surface area contributed by atoms with Crippen LogP contribution in [0.4, 0.5) is 10.1 Å². The first-order chi connectivity index (χ1) is 8.47. The van der Waals surface area contributed by atoms with E-state index < -0.39 is 16.6 Å². The summed E-state index contributed by atoms with van der Waals surface area (Å²) in [5.74, 6) is -0.851. The molecule has 6 heteroatoms. The molecule has 1 saturated carbocycles. The van der Waals surface area contributed by atoms with E-state index in [0.29, 0.717) is 0 Å². The standard InChI is InChI=1S/C12H15FN2O2S/c1-15(10-2-3-10)12(16)7-18(17)11-5-8(13)4-9(14)6-11/h4-6,10H,2-3,7,14H2,1H3. The molecule has 0 radical (unpaired) electrons. The number of amides is 1. The minimum Gasteiger partial charge on any atom is -0.399 e. The molecule has 0 aliphatic heterocycles. The van der Waals surface area contributed by atoms with Crippen LogP contribution in [-0.4, -0.2) is 33.9 Å². The molecule has 0 spiro atoms. The normalized spacial score (nSPS) is 16.3. The van der Waals surface area contributed by atoms with E-state index in [2.05, 4.69) is 0 Å². The van der Waals surface area contributed by atoms with Crippen LogP contribution in [0.15, 0.2) is 23.1 Å². The van der Waals surface area contributed by atoms with Gasteiger partial charge in [-0.25, -0.2) is 4.39 Å². The van der Waals surface area contributed by atoms with Crippen LogP contribution in [0, 0.1) is 5.82 Å². The van der Waals surface area contributed by atoms with Crippen LogP contribution < -0.4 is 5.73 Å². The highest BCUT2D eigenvalue weighted by Crippen LogP contribution is 2.25. The number of nitrogens with two attached hydrogens (primary N) is 1. The van der Waals surface area contributed by atoms with Gasteiger partial charge in [-0.3, -0.25) is 9.00 Å². The van der Waals surface area contributed by atoms with E-state index in [1.54, 1.807) is 11.9 Å². The quantitative estimate of drug-likeness (QED) is 0.834. The van der Waals surface area contributed by atoms with Gasteiger partial charge in [-0.15, -0.1) is 0 Å². The zero-order chi connectivity index (χ0) is 13.3. The third-order valence-electron chi connectivity index (χ3n) is 2.90. The first kappa shape index (κ1) is 13.0. The van der Waals surface area contributed by atoms with E-state index in [1.165, 1.54) is 6.07 Å². The molecule has 0 heterocycles. The minimum absolute atomic E-state index is 0.129. The van der Waals surface area contributed by atoms with Gasteiger partial charge in [0.2, 0.25) is 5.91 Å². The number of hydrogen-bond donors (Lipinski definition) is 1. The summed E-state index contributed by atoms with van der Waals surface area (Å²) in [5, 5.41) is 0. The van der Waals surface area contributed by atoms with Crippen molar-refractivity contribution < 1.29 is 13.4 Å². The monoisotopic (exact) mass is 270 g/mol. The SMILES string of the molecule is CN(C(=O)CS(=O)c1cc(N)cc(F)c1)C1CC1. The molecule has 1 aliphatic rings. The lowest BCUT2D eigenvalue weighted by atomic mass is 10.3. The van der Waals surface area contributed by atoms with Crippen molar-refractivity contribution in [2.45, 2.75) is 23.8 Å². The summed E-state index contributed by atoms with van der Waals surface area (Å²) in [7, 11) is 0.151. The Morgan fingerprint density at radius 3 is 2.72 bits per heavy atom. The maximum atomic E-state index is 13.1. The van der Waals surface area contributed by atoms with Crippen LogP contribution in [-0.2, 0) is 15.6 Å². The van der Waals surface area contributed by atoms with Gasteiger partial charge in [-0.2, -0.15) is 0 Å². The fourth-order valence-corrected chi connectivity index (χ4v) is 2.78. The summed E-state index contributed by atoms with van der Waals surface area (Å²) in [4.78, 5) is 13.7. The number of hydrogen-bond acceptors (Lipinski definition) is 3. The second-order valence-corrected chi connectivity index (χ2v) is 5.90. The van der Waals surface area contributed by atoms with Crippen molar-refractivity contribution in [2.24, 2.45) is 0 Å². The molecule has 4 nitrogen and oxygen atoms in total. The highest BCUT2D eigenvalue weighted by atomic mass is 32.2. The molecular weight excluding hydrogens is 255 g/mol. The van der Waals surface area contributed by atoms with Crippen molar-refractivity contribution in [1.29, 1.82) is 0 Å². The lowest BCUT2D eigenvalue weighted by Crippen LogP contribution is -2.32. The first-order valence-electron chi connectivity index (χ1n) is 5.67. The Hall–Kier alpha value is -1.43. The number of carbonyl (C=O) groups is 1. The number of nitrogens with zero attached hydrogens (tertiary/aromatic N) is 1. The largest absolute Gasteiger partial charge is 0.399 e. The molecule has 1 fully saturated rings. The van der Waals surface area contributed by atoms with Gasteiger partial charge < -0.3 is 10.6 Å². The zero-order valence-corrected chi connectivity index (χ0v) is 10.9. The van der Waals surface area contributed by atoms with E-state index in [-0.39, 0.29) is 28.3 Å². The van der Waals surface area contributed by atoms with Gasteiger partial charge in [0.15, 0.2) is 0 Å². The zero-order valence-electron chi connectivity index (χ0n) is 10.1. The van der Waals surface area contributed by atoms with Crippen molar-refractivity contribution >= 4 is 22.4 Å². The molecular formula is C12H15FN2O2S. The fraction of sp³-hybridized carbons (Fsp3) is 0.417. The third-order valence-corrected chi connectivity index (χ3v) is 4.17. The number of benzene rings is 1. The van der Waals surface area contributed by atoms with E-state index in [4.69, 9.17) is 5.73 Å². The van der Waals surface area contributed by atoms with Crippen molar-refractivity contribution in [2.75, 3.05) is 18.5 Å².